The zero-order valence-corrected chi connectivity index (χ0v) is 9.67. The summed E-state index contributed by atoms with van der Waals surface area (Å²) in [6.45, 7) is 2.45. The molecule has 0 N–H and O–H groups in total. The van der Waals surface area contributed by atoms with Gasteiger partial charge in [-0.05, 0) is 30.6 Å². The van der Waals surface area contributed by atoms with Gasteiger partial charge >= 0.3 is 0 Å². The monoisotopic (exact) mass is 193 g/mol. The number of rotatable bonds is 4. The highest BCUT2D eigenvalue weighted by atomic mass is 14.3. The standard InChI is InChI=1S/C14H25/c1-12(14-8-4-5-9-14)10-11-13-6-2-3-7-13/h10,12-14H,2-9,11H2,1H3. The molecule has 81 valence electrons. The predicted octanol–water partition coefficient (Wildman–Crippen LogP) is 4.60. The summed E-state index contributed by atoms with van der Waals surface area (Å²) in [4.78, 5) is 0. The minimum atomic E-state index is 0.901. The van der Waals surface area contributed by atoms with Crippen molar-refractivity contribution in [3.05, 3.63) is 6.42 Å². The predicted molar refractivity (Wildman–Crippen MR) is 62.0 cm³/mol. The fraction of sp³-hybridized carbons (Fsp3) is 0.929. The third-order valence-electron chi connectivity index (χ3n) is 4.46. The topological polar surface area (TPSA) is 0 Å². The van der Waals surface area contributed by atoms with Gasteiger partial charge in [0.05, 0.1) is 0 Å². The number of hydrogen-bond donors (Lipinski definition) is 0. The van der Waals surface area contributed by atoms with Crippen LogP contribution in [0.15, 0.2) is 0 Å². The Balaban J connectivity index is 1.63. The molecule has 0 spiro atoms. The van der Waals surface area contributed by atoms with Crippen molar-refractivity contribution in [2.24, 2.45) is 17.8 Å². The molecular weight excluding hydrogens is 168 g/mol. The van der Waals surface area contributed by atoms with E-state index in [2.05, 4.69) is 13.3 Å². The first-order chi connectivity index (χ1) is 6.86. The summed E-state index contributed by atoms with van der Waals surface area (Å²) >= 11 is 0. The van der Waals surface area contributed by atoms with Gasteiger partial charge in [0.15, 0.2) is 0 Å². The van der Waals surface area contributed by atoms with Crippen molar-refractivity contribution in [1.29, 1.82) is 0 Å². The van der Waals surface area contributed by atoms with Crippen LogP contribution in [0.25, 0.3) is 0 Å². The van der Waals surface area contributed by atoms with Crippen molar-refractivity contribution in [3.63, 3.8) is 0 Å². The molecule has 0 aromatic carbocycles. The Hall–Kier alpha value is 0. The Morgan fingerprint density at radius 2 is 1.57 bits per heavy atom. The summed E-state index contributed by atoms with van der Waals surface area (Å²) in [6, 6.07) is 0. The molecule has 2 aliphatic rings. The van der Waals surface area contributed by atoms with Crippen molar-refractivity contribution in [2.45, 2.75) is 64.7 Å². The average Bonchev–Trinajstić information content (AvgIpc) is 2.87. The largest absolute Gasteiger partial charge is 0.0620 e. The van der Waals surface area contributed by atoms with E-state index in [4.69, 9.17) is 0 Å². The third-order valence-corrected chi connectivity index (χ3v) is 4.46. The van der Waals surface area contributed by atoms with E-state index in [1.54, 1.807) is 0 Å². The van der Waals surface area contributed by atoms with Crippen LogP contribution in [0.1, 0.15) is 64.7 Å². The van der Waals surface area contributed by atoms with E-state index in [9.17, 15) is 0 Å². The summed E-state index contributed by atoms with van der Waals surface area (Å²) < 4.78 is 0. The van der Waals surface area contributed by atoms with Gasteiger partial charge in [-0.3, -0.25) is 0 Å². The maximum absolute atomic E-state index is 2.64. The molecule has 0 saturated heterocycles. The lowest BCUT2D eigenvalue weighted by atomic mass is 9.86. The molecule has 2 rings (SSSR count). The Morgan fingerprint density at radius 3 is 2.21 bits per heavy atom. The second-order valence-corrected chi connectivity index (χ2v) is 5.53. The van der Waals surface area contributed by atoms with E-state index in [-0.39, 0.29) is 0 Å². The average molecular weight is 193 g/mol. The van der Waals surface area contributed by atoms with Crippen LogP contribution in [0.3, 0.4) is 0 Å². The van der Waals surface area contributed by atoms with Gasteiger partial charge in [0.1, 0.15) is 0 Å². The molecule has 0 heteroatoms. The van der Waals surface area contributed by atoms with Crippen molar-refractivity contribution in [2.75, 3.05) is 0 Å². The Bertz CT molecular complexity index is 149. The van der Waals surface area contributed by atoms with Crippen molar-refractivity contribution >= 4 is 0 Å². The van der Waals surface area contributed by atoms with Gasteiger partial charge in [0.2, 0.25) is 0 Å². The first kappa shape index (κ1) is 10.5. The first-order valence-corrected chi connectivity index (χ1v) is 6.69. The van der Waals surface area contributed by atoms with Crippen LogP contribution < -0.4 is 0 Å². The summed E-state index contributed by atoms with van der Waals surface area (Å²) in [5, 5.41) is 0. The van der Waals surface area contributed by atoms with E-state index in [1.807, 2.05) is 0 Å². The minimum Gasteiger partial charge on any atom is -0.0620 e. The minimum absolute atomic E-state index is 0.901. The van der Waals surface area contributed by atoms with Gasteiger partial charge in [-0.2, -0.15) is 0 Å². The summed E-state index contributed by atoms with van der Waals surface area (Å²) in [6.07, 6.45) is 16.1. The van der Waals surface area contributed by atoms with Crippen LogP contribution in [0, 0.1) is 24.2 Å². The Morgan fingerprint density at radius 1 is 1.00 bits per heavy atom. The normalized spacial score (nSPS) is 27.2. The molecule has 0 aromatic heterocycles. The highest BCUT2D eigenvalue weighted by Crippen LogP contribution is 2.35. The first-order valence-electron chi connectivity index (χ1n) is 6.69. The second kappa shape index (κ2) is 5.19. The fourth-order valence-electron chi connectivity index (χ4n) is 3.33. The molecule has 2 saturated carbocycles. The van der Waals surface area contributed by atoms with E-state index in [1.165, 1.54) is 57.8 Å². The molecule has 0 aliphatic heterocycles. The molecule has 0 heterocycles. The van der Waals surface area contributed by atoms with Crippen LogP contribution in [0.5, 0.6) is 0 Å². The molecule has 2 fully saturated rings. The molecule has 14 heavy (non-hydrogen) atoms. The van der Waals surface area contributed by atoms with Crippen molar-refractivity contribution < 1.29 is 0 Å². The molecule has 2 aliphatic carbocycles. The van der Waals surface area contributed by atoms with Gasteiger partial charge in [-0.25, -0.2) is 0 Å². The van der Waals surface area contributed by atoms with Crippen molar-refractivity contribution in [1.82, 2.24) is 0 Å². The summed E-state index contributed by atoms with van der Waals surface area (Å²) in [5.74, 6) is 2.99. The SMILES string of the molecule is CC([CH]CC1CCCC1)C1CCCC1. The van der Waals surface area contributed by atoms with Crippen LogP contribution in [0.2, 0.25) is 0 Å². The Kier molecular flexibility index (Phi) is 3.89. The van der Waals surface area contributed by atoms with Gasteiger partial charge < -0.3 is 0 Å². The fourth-order valence-corrected chi connectivity index (χ4v) is 3.33. The van der Waals surface area contributed by atoms with E-state index in [0.29, 0.717) is 0 Å². The molecule has 0 aromatic rings. The highest BCUT2D eigenvalue weighted by Gasteiger charge is 2.23. The molecule has 1 radical (unpaired) electrons. The van der Waals surface area contributed by atoms with Crippen LogP contribution in [0.4, 0.5) is 0 Å². The zero-order chi connectivity index (χ0) is 9.80. The molecule has 0 amide bonds. The van der Waals surface area contributed by atoms with E-state index >= 15 is 0 Å². The van der Waals surface area contributed by atoms with Gasteiger partial charge in [0, 0.05) is 0 Å². The van der Waals surface area contributed by atoms with Crippen LogP contribution in [-0.4, -0.2) is 0 Å². The summed E-state index contributed by atoms with van der Waals surface area (Å²) in [5.41, 5.74) is 0. The second-order valence-electron chi connectivity index (χ2n) is 5.53. The third kappa shape index (κ3) is 2.74. The highest BCUT2D eigenvalue weighted by molar-refractivity contribution is 4.85. The van der Waals surface area contributed by atoms with Crippen molar-refractivity contribution in [3.8, 4) is 0 Å². The molecular formula is C14H25. The smallest absolute Gasteiger partial charge is 0.0352 e. The van der Waals surface area contributed by atoms with Gasteiger partial charge in [0.25, 0.3) is 0 Å². The maximum Gasteiger partial charge on any atom is -0.0352 e. The van der Waals surface area contributed by atoms with Crippen LogP contribution >= 0.6 is 0 Å². The number of hydrogen-bond acceptors (Lipinski definition) is 0. The van der Waals surface area contributed by atoms with E-state index < -0.39 is 0 Å². The molecule has 1 atom stereocenters. The lowest BCUT2D eigenvalue weighted by Gasteiger charge is -2.20. The van der Waals surface area contributed by atoms with Crippen LogP contribution in [-0.2, 0) is 0 Å². The van der Waals surface area contributed by atoms with E-state index in [0.717, 1.165) is 17.8 Å². The quantitative estimate of drug-likeness (QED) is 0.612. The Labute approximate surface area is 89.5 Å². The summed E-state index contributed by atoms with van der Waals surface area (Å²) in [7, 11) is 0. The lowest BCUT2D eigenvalue weighted by molar-refractivity contribution is 0.382. The molecule has 0 bridgehead atoms. The lowest BCUT2D eigenvalue weighted by Crippen LogP contribution is -2.10. The van der Waals surface area contributed by atoms with Gasteiger partial charge in [-0.15, -0.1) is 0 Å². The maximum atomic E-state index is 2.64. The molecule has 0 nitrogen and oxygen atoms in total. The molecule has 1 unspecified atom stereocenters. The zero-order valence-electron chi connectivity index (χ0n) is 9.67. The van der Waals surface area contributed by atoms with Gasteiger partial charge in [-0.1, -0.05) is 58.3 Å².